The van der Waals surface area contributed by atoms with E-state index in [-0.39, 0.29) is 18.5 Å². The van der Waals surface area contributed by atoms with Gasteiger partial charge in [0.1, 0.15) is 18.3 Å². The van der Waals surface area contributed by atoms with Crippen LogP contribution < -0.4 is 10.6 Å². The number of imidazole rings is 2. The number of rotatable bonds is 12. The maximum atomic E-state index is 13.3. The fourth-order valence-corrected chi connectivity index (χ4v) is 6.23. The molecule has 4 atom stereocenters. The second kappa shape index (κ2) is 16.5. The van der Waals surface area contributed by atoms with Crippen LogP contribution in [0.2, 0.25) is 0 Å². The van der Waals surface area contributed by atoms with Gasteiger partial charge in [-0.1, -0.05) is 62.4 Å². The van der Waals surface area contributed by atoms with Crippen molar-refractivity contribution in [2.75, 3.05) is 26.3 Å². The summed E-state index contributed by atoms with van der Waals surface area (Å²) in [6.07, 6.45) is 11.1. The van der Waals surface area contributed by atoms with Crippen LogP contribution in [0.15, 0.2) is 55.2 Å². The summed E-state index contributed by atoms with van der Waals surface area (Å²) < 4.78 is 12.1. The van der Waals surface area contributed by atoms with E-state index in [0.29, 0.717) is 50.2 Å². The molecule has 0 unspecified atom stereocenters. The van der Waals surface area contributed by atoms with Gasteiger partial charge in [-0.2, -0.15) is 0 Å². The minimum absolute atomic E-state index is 0.0684. The summed E-state index contributed by atoms with van der Waals surface area (Å²) in [5.41, 5.74) is 1.43. The second-order valence-corrected chi connectivity index (χ2v) is 12.3. The molecule has 13 nitrogen and oxygen atoms in total. The zero-order valence-electron chi connectivity index (χ0n) is 26.3. The number of aliphatic hydroxyl groups excluding tert-OH is 1. The standard InChI is InChI=1S/C33H45N7O6/c1-23(37-27(19-24-8-4-2-5-9-24)29(41)30-34-12-13-35-30)18-26-21-40(22-36-26)32(43)38-31(42)28(20-25-10-6-3-7-11-25)46-33(44)39-14-16-45-17-15-39/h3,6-7,10-13,21-24,27-29,37,41H,2,4-5,8-9,14-20H2,1H3,(H,34,35)(H,38,42,43)/t23-,27+,28+,29-/m1/s1. The second-order valence-electron chi connectivity index (χ2n) is 12.3. The van der Waals surface area contributed by atoms with Gasteiger partial charge in [0.05, 0.1) is 18.9 Å². The van der Waals surface area contributed by atoms with Crippen LogP contribution in [0.25, 0.3) is 0 Å². The lowest BCUT2D eigenvalue weighted by Gasteiger charge is -2.31. The van der Waals surface area contributed by atoms with E-state index in [1.807, 2.05) is 37.3 Å². The van der Waals surface area contributed by atoms with Crippen molar-refractivity contribution >= 4 is 18.0 Å². The van der Waals surface area contributed by atoms with E-state index in [4.69, 9.17) is 9.47 Å². The van der Waals surface area contributed by atoms with Gasteiger partial charge < -0.3 is 29.8 Å². The van der Waals surface area contributed by atoms with E-state index in [0.717, 1.165) is 24.8 Å². The number of imide groups is 1. The van der Waals surface area contributed by atoms with Gasteiger partial charge in [-0.05, 0) is 24.8 Å². The summed E-state index contributed by atoms with van der Waals surface area (Å²) in [7, 11) is 0. The van der Waals surface area contributed by atoms with Crippen molar-refractivity contribution in [2.24, 2.45) is 5.92 Å². The maximum absolute atomic E-state index is 13.3. The molecule has 1 aliphatic carbocycles. The molecule has 1 saturated carbocycles. The van der Waals surface area contributed by atoms with Crippen molar-refractivity contribution in [3.05, 3.63) is 72.3 Å². The number of benzene rings is 1. The van der Waals surface area contributed by atoms with E-state index >= 15 is 0 Å². The lowest BCUT2D eigenvalue weighted by molar-refractivity contribution is -0.129. The van der Waals surface area contributed by atoms with Crippen LogP contribution in [0.3, 0.4) is 0 Å². The molecule has 2 aliphatic rings. The fourth-order valence-electron chi connectivity index (χ4n) is 6.23. The molecule has 3 amide bonds. The van der Waals surface area contributed by atoms with E-state index in [9.17, 15) is 19.5 Å². The number of aromatic nitrogens is 4. The Morgan fingerprint density at radius 1 is 1.09 bits per heavy atom. The Kier molecular flexibility index (Phi) is 11.9. The zero-order valence-corrected chi connectivity index (χ0v) is 26.3. The molecule has 46 heavy (non-hydrogen) atoms. The number of nitrogens with one attached hydrogen (secondary N) is 3. The van der Waals surface area contributed by atoms with Crippen LogP contribution in [0.4, 0.5) is 9.59 Å². The van der Waals surface area contributed by atoms with E-state index < -0.39 is 30.2 Å². The molecule has 0 spiro atoms. The van der Waals surface area contributed by atoms with Crippen molar-refractivity contribution < 1.29 is 29.0 Å². The largest absolute Gasteiger partial charge is 0.436 e. The van der Waals surface area contributed by atoms with Crippen molar-refractivity contribution in [3.63, 3.8) is 0 Å². The number of amides is 3. The minimum Gasteiger partial charge on any atom is -0.436 e. The number of carbonyl (C=O) groups excluding carboxylic acids is 3. The topological polar surface area (TPSA) is 164 Å². The van der Waals surface area contributed by atoms with Gasteiger partial charge in [-0.3, -0.25) is 14.7 Å². The highest BCUT2D eigenvalue weighted by atomic mass is 16.6. The van der Waals surface area contributed by atoms with Crippen molar-refractivity contribution in [3.8, 4) is 0 Å². The molecule has 0 radical (unpaired) electrons. The SMILES string of the molecule is C[C@H](Cc1cn(C(=O)NC(=O)[C@H](Cc2ccccc2)OC(=O)N2CCOCC2)cn1)N[C@@H](CC1CCCCC1)[C@@H](O)c1ncc[nH]1. The Balaban J connectivity index is 1.18. The lowest BCUT2D eigenvalue weighted by Crippen LogP contribution is -2.47. The van der Waals surface area contributed by atoms with E-state index in [1.165, 1.54) is 35.1 Å². The van der Waals surface area contributed by atoms with Crippen LogP contribution in [-0.2, 0) is 27.1 Å². The van der Waals surface area contributed by atoms with Crippen molar-refractivity contribution in [2.45, 2.75) is 82.6 Å². The Hall–Kier alpha value is -4.07. The Bertz CT molecular complexity index is 1390. The van der Waals surface area contributed by atoms with Gasteiger partial charge in [0, 0.05) is 56.6 Å². The highest BCUT2D eigenvalue weighted by molar-refractivity contribution is 5.98. The highest BCUT2D eigenvalue weighted by Gasteiger charge is 2.30. The summed E-state index contributed by atoms with van der Waals surface area (Å²) in [5, 5.41) is 17.1. The minimum atomic E-state index is -1.21. The first-order chi connectivity index (χ1) is 22.4. The Labute approximate surface area is 269 Å². The van der Waals surface area contributed by atoms with Gasteiger partial charge in [0.2, 0.25) is 0 Å². The van der Waals surface area contributed by atoms with Crippen LogP contribution in [0.5, 0.6) is 0 Å². The van der Waals surface area contributed by atoms with Crippen LogP contribution in [0.1, 0.15) is 68.6 Å². The summed E-state index contributed by atoms with van der Waals surface area (Å²) in [5.74, 6) is 0.355. The van der Waals surface area contributed by atoms with Crippen LogP contribution >= 0.6 is 0 Å². The number of aliphatic hydroxyl groups is 1. The van der Waals surface area contributed by atoms with Gasteiger partial charge in [-0.25, -0.2) is 19.6 Å². The van der Waals surface area contributed by atoms with E-state index in [1.54, 1.807) is 18.6 Å². The molecule has 1 saturated heterocycles. The quantitative estimate of drug-likeness (QED) is 0.234. The first kappa shape index (κ1) is 33.3. The Morgan fingerprint density at radius 2 is 1.85 bits per heavy atom. The molecule has 5 rings (SSSR count). The average molecular weight is 636 g/mol. The predicted octanol–water partition coefficient (Wildman–Crippen LogP) is 3.36. The van der Waals surface area contributed by atoms with Crippen molar-refractivity contribution in [1.82, 2.24) is 35.1 Å². The zero-order chi connectivity index (χ0) is 32.3. The molecule has 2 fully saturated rings. The molecule has 13 heteroatoms. The van der Waals surface area contributed by atoms with Crippen LogP contribution in [-0.4, -0.2) is 92.0 Å². The summed E-state index contributed by atoms with van der Waals surface area (Å²) in [6.45, 7) is 3.54. The van der Waals surface area contributed by atoms with Gasteiger partial charge in [0.15, 0.2) is 6.10 Å². The summed E-state index contributed by atoms with van der Waals surface area (Å²) in [4.78, 5) is 52.3. The average Bonchev–Trinajstić information content (AvgIpc) is 3.78. The predicted molar refractivity (Wildman–Crippen MR) is 169 cm³/mol. The van der Waals surface area contributed by atoms with Gasteiger partial charge >= 0.3 is 12.1 Å². The Morgan fingerprint density at radius 3 is 2.57 bits per heavy atom. The molecule has 0 bridgehead atoms. The molecule has 1 aromatic carbocycles. The molecule has 1 aliphatic heterocycles. The normalized spacial score (nSPS) is 18.3. The number of carbonyl (C=O) groups is 3. The summed E-state index contributed by atoms with van der Waals surface area (Å²) >= 11 is 0. The number of aromatic amines is 1. The smallest absolute Gasteiger partial charge is 0.410 e. The monoisotopic (exact) mass is 635 g/mol. The third kappa shape index (κ3) is 9.47. The van der Waals surface area contributed by atoms with Gasteiger partial charge in [0.25, 0.3) is 5.91 Å². The highest BCUT2D eigenvalue weighted by Crippen LogP contribution is 2.30. The third-order valence-corrected chi connectivity index (χ3v) is 8.68. The summed E-state index contributed by atoms with van der Waals surface area (Å²) in [6, 6.07) is 8.21. The van der Waals surface area contributed by atoms with Crippen molar-refractivity contribution in [1.29, 1.82) is 0 Å². The number of H-pyrrole nitrogens is 1. The number of ether oxygens (including phenoxy) is 2. The maximum Gasteiger partial charge on any atom is 0.410 e. The number of hydrogen-bond acceptors (Lipinski definition) is 9. The third-order valence-electron chi connectivity index (χ3n) is 8.68. The number of nitrogens with zero attached hydrogens (tertiary/aromatic N) is 4. The molecule has 4 N–H and O–H groups in total. The van der Waals surface area contributed by atoms with Gasteiger partial charge in [-0.15, -0.1) is 0 Å². The fraction of sp³-hybridized carbons (Fsp3) is 0.545. The molecule has 248 valence electrons. The van der Waals surface area contributed by atoms with E-state index in [2.05, 4.69) is 25.6 Å². The number of morpholine rings is 1. The number of hydrogen-bond donors (Lipinski definition) is 4. The lowest BCUT2D eigenvalue weighted by atomic mass is 9.83. The first-order valence-electron chi connectivity index (χ1n) is 16.2. The molecule has 3 aromatic rings. The molecular formula is C33H45N7O6. The molecular weight excluding hydrogens is 590 g/mol. The molecule has 3 heterocycles. The van der Waals surface area contributed by atoms with Crippen LogP contribution in [0, 0.1) is 5.92 Å². The molecule has 2 aromatic heterocycles. The first-order valence-corrected chi connectivity index (χ1v) is 16.2.